The minimum Gasteiger partial charge on any atom is -0.384 e. The summed E-state index contributed by atoms with van der Waals surface area (Å²) in [6.45, 7) is 0.718. The standard InChI is InChI=1S/C19H18F6N4O2/c20-18(21,22)12-7-27-13(8-26-12)29-3-1-9(2-4-29)16-14-10(6-28-16)5-11(30)17(31)15(14)19(23,24)25/h7-9,15,17,31H,1-6H2/t15-,17-/m0/s1. The summed E-state index contributed by atoms with van der Waals surface area (Å²) in [6, 6.07) is 0. The lowest BCUT2D eigenvalue weighted by Crippen LogP contribution is -2.46. The summed E-state index contributed by atoms with van der Waals surface area (Å²) in [5, 5.41) is 9.94. The van der Waals surface area contributed by atoms with Crippen LogP contribution in [-0.4, -0.2) is 58.5 Å². The Morgan fingerprint density at radius 2 is 1.71 bits per heavy atom. The molecule has 1 fully saturated rings. The lowest BCUT2D eigenvalue weighted by molar-refractivity contribution is -0.190. The number of anilines is 1. The molecule has 1 aliphatic carbocycles. The Morgan fingerprint density at radius 3 is 2.26 bits per heavy atom. The number of aromatic nitrogens is 2. The van der Waals surface area contributed by atoms with Crippen molar-refractivity contribution in [3.05, 3.63) is 29.2 Å². The van der Waals surface area contributed by atoms with Crippen LogP contribution in [0.5, 0.6) is 0 Å². The molecule has 1 aromatic heterocycles. The number of aliphatic imine (C=N–C) groups is 1. The summed E-state index contributed by atoms with van der Waals surface area (Å²) in [5.74, 6) is -3.18. The number of aliphatic hydroxyl groups excluding tert-OH is 1. The van der Waals surface area contributed by atoms with Gasteiger partial charge in [-0.3, -0.25) is 9.79 Å². The second kappa shape index (κ2) is 7.57. The summed E-state index contributed by atoms with van der Waals surface area (Å²) < 4.78 is 78.8. The summed E-state index contributed by atoms with van der Waals surface area (Å²) in [5.41, 5.74) is -0.576. The third-order valence-corrected chi connectivity index (χ3v) is 5.93. The van der Waals surface area contributed by atoms with Gasteiger partial charge < -0.3 is 10.0 Å². The first-order chi connectivity index (χ1) is 14.5. The van der Waals surface area contributed by atoms with Gasteiger partial charge in [-0.2, -0.15) is 26.3 Å². The Bertz CT molecular complexity index is 930. The molecular weight excluding hydrogens is 430 g/mol. The second-order valence-electron chi connectivity index (χ2n) is 7.84. The number of Topliss-reactive ketones (excluding diaryl/α,β-unsaturated/α-hetero) is 1. The van der Waals surface area contributed by atoms with Crippen LogP contribution >= 0.6 is 0 Å². The van der Waals surface area contributed by atoms with Crippen molar-refractivity contribution in [3.63, 3.8) is 0 Å². The fourth-order valence-electron chi connectivity index (χ4n) is 4.43. The van der Waals surface area contributed by atoms with Crippen LogP contribution < -0.4 is 4.90 Å². The van der Waals surface area contributed by atoms with Gasteiger partial charge in [-0.1, -0.05) is 0 Å². The third kappa shape index (κ3) is 4.04. The number of carbonyl (C=O) groups is 1. The maximum absolute atomic E-state index is 13.6. The highest BCUT2D eigenvalue weighted by Crippen LogP contribution is 2.45. The summed E-state index contributed by atoms with van der Waals surface area (Å²) >= 11 is 0. The number of hydrogen-bond acceptors (Lipinski definition) is 6. The molecule has 0 bridgehead atoms. The molecule has 1 aromatic rings. The van der Waals surface area contributed by atoms with Crippen molar-refractivity contribution >= 4 is 17.3 Å². The topological polar surface area (TPSA) is 78.7 Å². The van der Waals surface area contributed by atoms with Gasteiger partial charge in [0.15, 0.2) is 11.5 Å². The zero-order chi connectivity index (χ0) is 22.6. The molecule has 1 N–H and O–H groups in total. The van der Waals surface area contributed by atoms with E-state index in [0.29, 0.717) is 37.7 Å². The summed E-state index contributed by atoms with van der Waals surface area (Å²) in [4.78, 5) is 25.0. The van der Waals surface area contributed by atoms with Gasteiger partial charge in [0.25, 0.3) is 0 Å². The molecular formula is C19H18F6N4O2. The van der Waals surface area contributed by atoms with E-state index < -0.39 is 35.9 Å². The highest BCUT2D eigenvalue weighted by molar-refractivity contribution is 6.08. The summed E-state index contributed by atoms with van der Waals surface area (Å²) in [7, 11) is 0. The number of hydrogen-bond donors (Lipinski definition) is 1. The van der Waals surface area contributed by atoms with Crippen molar-refractivity contribution in [1.82, 2.24) is 9.97 Å². The van der Waals surface area contributed by atoms with Crippen LogP contribution in [0.3, 0.4) is 0 Å². The van der Waals surface area contributed by atoms with Crippen molar-refractivity contribution in [3.8, 4) is 0 Å². The lowest BCUT2D eigenvalue weighted by Gasteiger charge is -2.36. The Balaban J connectivity index is 1.48. The number of rotatable bonds is 2. The first-order valence-corrected chi connectivity index (χ1v) is 9.65. The van der Waals surface area contributed by atoms with E-state index in [1.807, 2.05) is 0 Å². The van der Waals surface area contributed by atoms with Crippen LogP contribution in [0.15, 0.2) is 28.5 Å². The lowest BCUT2D eigenvalue weighted by atomic mass is 9.74. The first kappa shape index (κ1) is 21.7. The third-order valence-electron chi connectivity index (χ3n) is 5.93. The molecule has 0 radical (unpaired) electrons. The highest BCUT2D eigenvalue weighted by Gasteiger charge is 2.54. The Kier molecular flexibility index (Phi) is 5.31. The van der Waals surface area contributed by atoms with Gasteiger partial charge in [0.1, 0.15) is 17.8 Å². The van der Waals surface area contributed by atoms with Crippen LogP contribution in [0, 0.1) is 11.8 Å². The van der Waals surface area contributed by atoms with Crippen molar-refractivity contribution in [2.75, 3.05) is 24.5 Å². The van der Waals surface area contributed by atoms with E-state index in [2.05, 4.69) is 15.0 Å². The fourth-order valence-corrected chi connectivity index (χ4v) is 4.43. The quantitative estimate of drug-likeness (QED) is 0.704. The molecule has 3 aliphatic rings. The molecule has 0 spiro atoms. The number of halogens is 6. The number of piperidine rings is 1. The normalized spacial score (nSPS) is 25.7. The van der Waals surface area contributed by atoms with Gasteiger partial charge in [0.05, 0.1) is 18.9 Å². The molecule has 1 saturated heterocycles. The van der Waals surface area contributed by atoms with Crippen molar-refractivity contribution < 1.29 is 36.2 Å². The molecule has 0 saturated carbocycles. The van der Waals surface area contributed by atoms with Crippen LogP contribution in [0.2, 0.25) is 0 Å². The number of carbonyl (C=O) groups excluding carboxylic acids is 1. The average molecular weight is 448 g/mol. The van der Waals surface area contributed by atoms with E-state index in [1.165, 1.54) is 0 Å². The van der Waals surface area contributed by atoms with Crippen LogP contribution in [0.25, 0.3) is 0 Å². The van der Waals surface area contributed by atoms with Crippen LogP contribution in [-0.2, 0) is 11.0 Å². The van der Waals surface area contributed by atoms with Crippen molar-refractivity contribution in [2.24, 2.45) is 16.8 Å². The predicted molar refractivity (Wildman–Crippen MR) is 96.5 cm³/mol. The number of alkyl halides is 6. The van der Waals surface area contributed by atoms with E-state index in [4.69, 9.17) is 0 Å². The molecule has 12 heteroatoms. The highest BCUT2D eigenvalue weighted by atomic mass is 19.4. The molecule has 2 aliphatic heterocycles. The van der Waals surface area contributed by atoms with Crippen molar-refractivity contribution in [2.45, 2.75) is 37.7 Å². The molecule has 31 heavy (non-hydrogen) atoms. The minimum absolute atomic E-state index is 0.0142. The monoisotopic (exact) mass is 448 g/mol. The number of nitrogens with zero attached hydrogens (tertiary/aromatic N) is 4. The predicted octanol–water partition coefficient (Wildman–Crippen LogP) is 2.98. The number of ketones is 1. The molecule has 2 atom stereocenters. The molecule has 3 heterocycles. The van der Waals surface area contributed by atoms with E-state index >= 15 is 0 Å². The Labute approximate surface area is 172 Å². The maximum Gasteiger partial charge on any atom is 0.434 e. The molecule has 6 nitrogen and oxygen atoms in total. The SMILES string of the molecule is O=C1CC2=C(C(C3CCN(c4cnc(C(F)(F)F)cn4)CC3)=NC2)[C@H](C(F)(F)F)[C@H]1O. The fraction of sp³-hybridized carbons (Fsp3) is 0.579. The zero-order valence-electron chi connectivity index (χ0n) is 16.0. The minimum atomic E-state index is -4.78. The first-order valence-electron chi connectivity index (χ1n) is 9.65. The largest absolute Gasteiger partial charge is 0.434 e. The smallest absolute Gasteiger partial charge is 0.384 e. The molecule has 0 unspecified atom stereocenters. The molecule has 168 valence electrons. The van der Waals surface area contributed by atoms with Crippen LogP contribution in [0.1, 0.15) is 25.0 Å². The zero-order valence-corrected chi connectivity index (χ0v) is 16.0. The van der Waals surface area contributed by atoms with E-state index in [-0.39, 0.29) is 36.0 Å². The van der Waals surface area contributed by atoms with Gasteiger partial charge in [0, 0.05) is 31.1 Å². The molecule has 0 amide bonds. The Morgan fingerprint density at radius 1 is 1.03 bits per heavy atom. The van der Waals surface area contributed by atoms with E-state index in [0.717, 1.165) is 6.20 Å². The van der Waals surface area contributed by atoms with E-state index in [9.17, 15) is 36.2 Å². The molecule has 0 aromatic carbocycles. The van der Waals surface area contributed by atoms with Gasteiger partial charge >= 0.3 is 12.4 Å². The maximum atomic E-state index is 13.6. The molecule has 4 rings (SSSR count). The van der Waals surface area contributed by atoms with Gasteiger partial charge in [-0.05, 0) is 24.0 Å². The van der Waals surface area contributed by atoms with Gasteiger partial charge in [0.2, 0.25) is 0 Å². The average Bonchev–Trinajstić information content (AvgIpc) is 3.10. The summed E-state index contributed by atoms with van der Waals surface area (Å²) in [6.07, 6.45) is -9.25. The number of aliphatic hydroxyl groups is 1. The van der Waals surface area contributed by atoms with Gasteiger partial charge in [-0.15, -0.1) is 0 Å². The Hall–Kier alpha value is -2.50. The van der Waals surface area contributed by atoms with Gasteiger partial charge in [-0.25, -0.2) is 9.97 Å². The van der Waals surface area contributed by atoms with E-state index in [1.54, 1.807) is 4.90 Å². The second-order valence-corrected chi connectivity index (χ2v) is 7.84. The van der Waals surface area contributed by atoms with Crippen LogP contribution in [0.4, 0.5) is 32.2 Å². The van der Waals surface area contributed by atoms with Crippen molar-refractivity contribution in [1.29, 1.82) is 0 Å².